The van der Waals surface area contributed by atoms with Crippen LogP contribution >= 0.6 is 11.6 Å². The molecule has 1 N–H and O–H groups in total. The van der Waals surface area contributed by atoms with Crippen LogP contribution in [0.25, 0.3) is 0 Å². The van der Waals surface area contributed by atoms with Crippen LogP contribution in [0.4, 0.5) is 0 Å². The maximum absolute atomic E-state index is 10.6. The fraction of sp³-hybridized carbons (Fsp3) is 0.500. The van der Waals surface area contributed by atoms with Crippen molar-refractivity contribution in [1.82, 2.24) is 4.90 Å². The van der Waals surface area contributed by atoms with Gasteiger partial charge in [0.05, 0.1) is 6.42 Å². The topological polar surface area (TPSA) is 49.8 Å². The minimum absolute atomic E-state index is 0.192. The van der Waals surface area contributed by atoms with Crippen LogP contribution in [0.5, 0.6) is 5.75 Å². The van der Waals surface area contributed by atoms with Gasteiger partial charge in [-0.25, -0.2) is 0 Å². The number of nitrogens with zero attached hydrogens (tertiary/aromatic N) is 1. The molecule has 1 aromatic carbocycles. The highest BCUT2D eigenvalue weighted by atomic mass is 35.5. The molecule has 1 aromatic rings. The fourth-order valence-electron chi connectivity index (χ4n) is 1.97. The largest absolute Gasteiger partial charge is 0.492 e. The molecule has 0 amide bonds. The Hall–Kier alpha value is -1.26. The molecule has 0 saturated heterocycles. The van der Waals surface area contributed by atoms with E-state index in [1.54, 1.807) is 12.1 Å². The molecule has 104 valence electrons. The Balaban J connectivity index is 1.72. The minimum Gasteiger partial charge on any atom is -0.492 e. The maximum Gasteiger partial charge on any atom is 0.304 e. The average molecular weight is 284 g/mol. The van der Waals surface area contributed by atoms with Crippen LogP contribution in [-0.4, -0.2) is 41.7 Å². The highest BCUT2D eigenvalue weighted by Crippen LogP contribution is 2.26. The van der Waals surface area contributed by atoms with E-state index < -0.39 is 5.97 Å². The van der Waals surface area contributed by atoms with Crippen molar-refractivity contribution in [3.8, 4) is 5.75 Å². The molecule has 1 saturated carbocycles. The van der Waals surface area contributed by atoms with E-state index in [0.717, 1.165) is 12.3 Å². The number of hydrogen-bond donors (Lipinski definition) is 1. The third-order valence-corrected chi connectivity index (χ3v) is 3.39. The molecule has 1 aliphatic rings. The molecule has 0 aromatic heterocycles. The number of aliphatic carboxylic acids is 1. The van der Waals surface area contributed by atoms with Crippen LogP contribution in [0.3, 0.4) is 0 Å². The Labute approximate surface area is 117 Å². The van der Waals surface area contributed by atoms with E-state index in [-0.39, 0.29) is 6.42 Å². The highest BCUT2D eigenvalue weighted by Gasteiger charge is 2.28. The van der Waals surface area contributed by atoms with Crippen LogP contribution in [0, 0.1) is 0 Å². The quantitative estimate of drug-likeness (QED) is 0.797. The molecule has 1 fully saturated rings. The molecule has 19 heavy (non-hydrogen) atoms. The van der Waals surface area contributed by atoms with Gasteiger partial charge in [-0.15, -0.1) is 0 Å². The second-order valence-electron chi connectivity index (χ2n) is 4.71. The van der Waals surface area contributed by atoms with Gasteiger partial charge in [0.2, 0.25) is 0 Å². The maximum atomic E-state index is 10.6. The number of carboxylic acids is 1. The van der Waals surface area contributed by atoms with Crippen LogP contribution in [0.15, 0.2) is 24.3 Å². The summed E-state index contributed by atoms with van der Waals surface area (Å²) in [5, 5.41) is 9.41. The smallest absolute Gasteiger partial charge is 0.304 e. The Morgan fingerprint density at radius 3 is 2.58 bits per heavy atom. The van der Waals surface area contributed by atoms with Crippen molar-refractivity contribution in [2.75, 3.05) is 19.7 Å². The summed E-state index contributed by atoms with van der Waals surface area (Å²) in [5.74, 6) is 0.0441. The van der Waals surface area contributed by atoms with E-state index in [1.165, 1.54) is 12.8 Å². The van der Waals surface area contributed by atoms with E-state index in [1.807, 2.05) is 12.1 Å². The summed E-state index contributed by atoms with van der Waals surface area (Å²) in [6.45, 7) is 1.93. The summed E-state index contributed by atoms with van der Waals surface area (Å²) in [5.41, 5.74) is 0. The molecule has 0 spiro atoms. The first-order valence-corrected chi connectivity index (χ1v) is 6.87. The Morgan fingerprint density at radius 2 is 2.00 bits per heavy atom. The molecule has 2 rings (SSSR count). The van der Waals surface area contributed by atoms with Crippen molar-refractivity contribution in [2.24, 2.45) is 0 Å². The van der Waals surface area contributed by atoms with Crippen molar-refractivity contribution in [3.63, 3.8) is 0 Å². The molecule has 0 bridgehead atoms. The SMILES string of the molecule is O=C(O)CCN(CCOc1ccc(Cl)cc1)C1CC1. The summed E-state index contributed by atoms with van der Waals surface area (Å²) in [6, 6.07) is 7.80. The fourth-order valence-corrected chi connectivity index (χ4v) is 2.09. The summed E-state index contributed by atoms with van der Waals surface area (Å²) in [4.78, 5) is 12.8. The highest BCUT2D eigenvalue weighted by molar-refractivity contribution is 6.30. The van der Waals surface area contributed by atoms with Crippen LogP contribution in [0.1, 0.15) is 19.3 Å². The number of rotatable bonds is 8. The molecular formula is C14H18ClNO3. The first-order valence-electron chi connectivity index (χ1n) is 6.49. The van der Waals surface area contributed by atoms with Crippen molar-refractivity contribution in [1.29, 1.82) is 0 Å². The summed E-state index contributed by atoms with van der Waals surface area (Å²) in [7, 11) is 0. The number of benzene rings is 1. The van der Waals surface area contributed by atoms with Crippen molar-refractivity contribution >= 4 is 17.6 Å². The lowest BCUT2D eigenvalue weighted by atomic mass is 10.3. The predicted molar refractivity (Wildman–Crippen MR) is 73.8 cm³/mol. The molecule has 0 aliphatic heterocycles. The van der Waals surface area contributed by atoms with Gasteiger partial charge >= 0.3 is 5.97 Å². The summed E-state index contributed by atoms with van der Waals surface area (Å²) >= 11 is 5.80. The monoisotopic (exact) mass is 283 g/mol. The lowest BCUT2D eigenvalue weighted by Gasteiger charge is -2.21. The van der Waals surface area contributed by atoms with Crippen molar-refractivity contribution in [3.05, 3.63) is 29.3 Å². The molecule has 5 heteroatoms. The Kier molecular flexibility index (Phi) is 5.05. The number of ether oxygens (including phenoxy) is 1. The Morgan fingerprint density at radius 1 is 1.32 bits per heavy atom. The third kappa shape index (κ3) is 5.09. The van der Waals surface area contributed by atoms with E-state index in [2.05, 4.69) is 4.90 Å². The minimum atomic E-state index is -0.746. The normalized spacial score (nSPS) is 14.6. The van der Waals surface area contributed by atoms with Gasteiger partial charge in [-0.1, -0.05) is 11.6 Å². The van der Waals surface area contributed by atoms with Gasteiger partial charge in [-0.05, 0) is 37.1 Å². The molecule has 0 heterocycles. The summed E-state index contributed by atoms with van der Waals surface area (Å²) in [6.07, 6.45) is 2.53. The second-order valence-corrected chi connectivity index (χ2v) is 5.15. The zero-order valence-corrected chi connectivity index (χ0v) is 11.5. The van der Waals surface area contributed by atoms with Crippen LogP contribution < -0.4 is 4.74 Å². The first-order chi connectivity index (χ1) is 9.15. The van der Waals surface area contributed by atoms with Crippen molar-refractivity contribution < 1.29 is 14.6 Å². The van der Waals surface area contributed by atoms with E-state index in [0.29, 0.717) is 24.2 Å². The lowest BCUT2D eigenvalue weighted by Crippen LogP contribution is -2.32. The number of carbonyl (C=O) groups is 1. The zero-order chi connectivity index (χ0) is 13.7. The molecular weight excluding hydrogens is 266 g/mol. The molecule has 4 nitrogen and oxygen atoms in total. The van der Waals surface area contributed by atoms with E-state index >= 15 is 0 Å². The lowest BCUT2D eigenvalue weighted by molar-refractivity contribution is -0.137. The van der Waals surface area contributed by atoms with Gasteiger partial charge in [-0.2, -0.15) is 0 Å². The van der Waals surface area contributed by atoms with E-state index in [9.17, 15) is 4.79 Å². The Bertz CT molecular complexity index is 417. The van der Waals surface area contributed by atoms with Crippen LogP contribution in [-0.2, 0) is 4.79 Å². The van der Waals surface area contributed by atoms with Gasteiger partial charge in [-0.3, -0.25) is 9.69 Å². The van der Waals surface area contributed by atoms with Gasteiger partial charge in [0.25, 0.3) is 0 Å². The van der Waals surface area contributed by atoms with Crippen LogP contribution in [0.2, 0.25) is 5.02 Å². The molecule has 0 atom stereocenters. The number of halogens is 1. The summed E-state index contributed by atoms with van der Waals surface area (Å²) < 4.78 is 5.63. The predicted octanol–water partition coefficient (Wildman–Crippen LogP) is 2.66. The zero-order valence-electron chi connectivity index (χ0n) is 10.7. The number of hydrogen-bond acceptors (Lipinski definition) is 3. The van der Waals surface area contributed by atoms with Gasteiger partial charge in [0.15, 0.2) is 0 Å². The van der Waals surface area contributed by atoms with Gasteiger partial charge in [0, 0.05) is 24.2 Å². The van der Waals surface area contributed by atoms with Crippen molar-refractivity contribution in [2.45, 2.75) is 25.3 Å². The number of carboxylic acid groups (broad SMARTS) is 1. The van der Waals surface area contributed by atoms with Gasteiger partial charge < -0.3 is 9.84 Å². The van der Waals surface area contributed by atoms with Gasteiger partial charge in [0.1, 0.15) is 12.4 Å². The second kappa shape index (κ2) is 6.78. The molecule has 1 aliphatic carbocycles. The molecule has 0 radical (unpaired) electrons. The standard InChI is InChI=1S/C14H18ClNO3/c15-11-1-5-13(6-2-11)19-10-9-16(12-3-4-12)8-7-14(17)18/h1-2,5-6,12H,3-4,7-10H2,(H,17,18). The first kappa shape index (κ1) is 14.2. The average Bonchev–Trinajstić information content (AvgIpc) is 3.20. The van der Waals surface area contributed by atoms with E-state index in [4.69, 9.17) is 21.4 Å². The molecule has 0 unspecified atom stereocenters. The third-order valence-electron chi connectivity index (χ3n) is 3.14.